The highest BCUT2D eigenvalue weighted by atomic mass is 16.5. The molecule has 31 heavy (non-hydrogen) atoms. The first-order valence-electron chi connectivity index (χ1n) is 10.3. The monoisotopic (exact) mass is 402 g/mol. The van der Waals surface area contributed by atoms with Crippen LogP contribution in [0.25, 0.3) is 33.0 Å². The summed E-state index contributed by atoms with van der Waals surface area (Å²) >= 11 is 0. The third-order valence-corrected chi connectivity index (χ3v) is 5.43. The highest BCUT2D eigenvalue weighted by Crippen LogP contribution is 2.35. The second-order valence-electron chi connectivity index (χ2n) is 7.41. The molecule has 0 radical (unpaired) electrons. The zero-order valence-corrected chi connectivity index (χ0v) is 17.3. The summed E-state index contributed by atoms with van der Waals surface area (Å²) in [6, 6.07) is 39.4. The number of hydrogen-bond donors (Lipinski definition) is 0. The van der Waals surface area contributed by atoms with Crippen LogP contribution in [0.1, 0.15) is 0 Å². The second-order valence-corrected chi connectivity index (χ2v) is 7.41. The Hall–Kier alpha value is -4.04. The first kappa shape index (κ1) is 19.0. The molecule has 0 aliphatic rings. The lowest BCUT2D eigenvalue weighted by Gasteiger charge is -2.12. The van der Waals surface area contributed by atoms with Crippen molar-refractivity contribution in [1.82, 2.24) is 0 Å². The van der Waals surface area contributed by atoms with E-state index in [1.807, 2.05) is 54.6 Å². The van der Waals surface area contributed by atoms with Gasteiger partial charge < -0.3 is 9.47 Å². The van der Waals surface area contributed by atoms with Gasteiger partial charge in [0.1, 0.15) is 17.2 Å². The Balaban J connectivity index is 1.54. The summed E-state index contributed by atoms with van der Waals surface area (Å²) in [6.07, 6.45) is 0. The fraction of sp³-hybridized carbons (Fsp3) is 0.0345. The van der Waals surface area contributed by atoms with Crippen LogP contribution in [0.4, 0.5) is 0 Å². The van der Waals surface area contributed by atoms with Crippen molar-refractivity contribution in [3.8, 4) is 39.5 Å². The zero-order chi connectivity index (χ0) is 21.0. The molecule has 0 saturated heterocycles. The van der Waals surface area contributed by atoms with Crippen molar-refractivity contribution in [3.05, 3.63) is 115 Å². The molecule has 0 aliphatic heterocycles. The van der Waals surface area contributed by atoms with Gasteiger partial charge in [0.2, 0.25) is 0 Å². The van der Waals surface area contributed by atoms with Crippen molar-refractivity contribution in [3.63, 3.8) is 0 Å². The van der Waals surface area contributed by atoms with Crippen LogP contribution in [0.15, 0.2) is 115 Å². The van der Waals surface area contributed by atoms with Gasteiger partial charge in [-0.3, -0.25) is 0 Å². The number of benzene rings is 5. The maximum atomic E-state index is 5.94. The SMILES string of the molecule is COc1ccc(-c2cc(-c3ccc(Oc4ccccc4)cc3)cc3ccccc23)cc1. The number of hydrogen-bond acceptors (Lipinski definition) is 2. The molecule has 0 heterocycles. The average Bonchev–Trinajstić information content (AvgIpc) is 2.84. The van der Waals surface area contributed by atoms with Crippen LogP contribution in [-0.4, -0.2) is 7.11 Å². The predicted molar refractivity (Wildman–Crippen MR) is 128 cm³/mol. The van der Waals surface area contributed by atoms with Gasteiger partial charge in [-0.15, -0.1) is 0 Å². The Morgan fingerprint density at radius 3 is 1.84 bits per heavy atom. The lowest BCUT2D eigenvalue weighted by molar-refractivity contribution is 0.415. The number of ether oxygens (including phenoxy) is 2. The number of fused-ring (bicyclic) bond motifs is 1. The van der Waals surface area contributed by atoms with E-state index in [2.05, 4.69) is 60.7 Å². The van der Waals surface area contributed by atoms with Gasteiger partial charge in [-0.1, -0.05) is 66.7 Å². The van der Waals surface area contributed by atoms with Crippen molar-refractivity contribution in [2.75, 3.05) is 7.11 Å². The molecule has 0 saturated carbocycles. The fourth-order valence-electron chi connectivity index (χ4n) is 3.83. The van der Waals surface area contributed by atoms with Gasteiger partial charge in [-0.2, -0.15) is 0 Å². The van der Waals surface area contributed by atoms with Crippen molar-refractivity contribution >= 4 is 10.8 Å². The topological polar surface area (TPSA) is 18.5 Å². The van der Waals surface area contributed by atoms with Gasteiger partial charge in [0.25, 0.3) is 0 Å². The van der Waals surface area contributed by atoms with Crippen LogP contribution in [0, 0.1) is 0 Å². The Morgan fingerprint density at radius 1 is 0.484 bits per heavy atom. The van der Waals surface area contributed by atoms with Gasteiger partial charge >= 0.3 is 0 Å². The first-order valence-corrected chi connectivity index (χ1v) is 10.3. The molecule has 5 aromatic carbocycles. The summed E-state index contributed by atoms with van der Waals surface area (Å²) in [5, 5.41) is 2.45. The molecule has 0 fully saturated rings. The normalized spacial score (nSPS) is 10.7. The van der Waals surface area contributed by atoms with Crippen LogP contribution in [0.5, 0.6) is 17.2 Å². The summed E-state index contributed by atoms with van der Waals surface area (Å²) in [5.41, 5.74) is 4.71. The minimum absolute atomic E-state index is 0.825. The molecule has 5 rings (SSSR count). The van der Waals surface area contributed by atoms with Crippen molar-refractivity contribution in [2.24, 2.45) is 0 Å². The van der Waals surface area contributed by atoms with Crippen molar-refractivity contribution in [1.29, 1.82) is 0 Å². The Kier molecular flexibility index (Phi) is 5.12. The molecule has 0 atom stereocenters. The molecule has 0 unspecified atom stereocenters. The Morgan fingerprint density at radius 2 is 1.10 bits per heavy atom. The van der Waals surface area contributed by atoms with Gasteiger partial charge in [0.05, 0.1) is 7.11 Å². The summed E-state index contributed by atoms with van der Waals surface area (Å²) < 4.78 is 11.3. The highest BCUT2D eigenvalue weighted by Gasteiger charge is 2.09. The van der Waals surface area contributed by atoms with E-state index in [1.165, 1.54) is 27.5 Å². The Bertz CT molecular complexity index is 1310. The molecule has 0 spiro atoms. The Labute approximate surface area is 182 Å². The number of rotatable bonds is 5. The molecule has 5 aromatic rings. The van der Waals surface area contributed by atoms with Crippen LogP contribution in [0.2, 0.25) is 0 Å². The molecule has 0 N–H and O–H groups in total. The lowest BCUT2D eigenvalue weighted by Crippen LogP contribution is -1.87. The molecule has 0 bridgehead atoms. The quantitative estimate of drug-likeness (QED) is 0.297. The standard InChI is InChI=1S/C29H22O2/c1-30-25-15-13-22(14-16-25)29-20-24(19-23-7-5-6-10-28(23)29)21-11-17-27(18-12-21)31-26-8-3-2-4-9-26/h2-20H,1H3. The molecule has 0 aliphatic carbocycles. The second kappa shape index (κ2) is 8.37. The molecular weight excluding hydrogens is 380 g/mol. The van der Waals surface area contributed by atoms with E-state index in [4.69, 9.17) is 9.47 Å². The van der Waals surface area contributed by atoms with Crippen molar-refractivity contribution < 1.29 is 9.47 Å². The van der Waals surface area contributed by atoms with Gasteiger partial charge in [-0.05, 0) is 81.6 Å². The minimum atomic E-state index is 0.825. The van der Waals surface area contributed by atoms with E-state index >= 15 is 0 Å². The van der Waals surface area contributed by atoms with Crippen LogP contribution >= 0.6 is 0 Å². The van der Waals surface area contributed by atoms with E-state index in [-0.39, 0.29) is 0 Å². The molecule has 150 valence electrons. The minimum Gasteiger partial charge on any atom is -0.497 e. The van der Waals surface area contributed by atoms with E-state index in [0.717, 1.165) is 22.8 Å². The molecule has 2 heteroatoms. The van der Waals surface area contributed by atoms with Crippen molar-refractivity contribution in [2.45, 2.75) is 0 Å². The number of para-hydroxylation sites is 1. The average molecular weight is 402 g/mol. The summed E-state index contributed by atoms with van der Waals surface area (Å²) in [4.78, 5) is 0. The predicted octanol–water partition coefficient (Wildman–Crippen LogP) is 7.97. The third-order valence-electron chi connectivity index (χ3n) is 5.43. The maximum absolute atomic E-state index is 5.94. The van der Waals surface area contributed by atoms with E-state index in [1.54, 1.807) is 7.11 Å². The van der Waals surface area contributed by atoms with E-state index < -0.39 is 0 Å². The van der Waals surface area contributed by atoms with Gasteiger partial charge in [-0.25, -0.2) is 0 Å². The van der Waals surface area contributed by atoms with Gasteiger partial charge in [0, 0.05) is 0 Å². The summed E-state index contributed by atoms with van der Waals surface area (Å²) in [5.74, 6) is 2.52. The first-order chi connectivity index (χ1) is 15.3. The number of methoxy groups -OCH3 is 1. The highest BCUT2D eigenvalue weighted by molar-refractivity contribution is 6.00. The maximum Gasteiger partial charge on any atom is 0.127 e. The molecule has 0 aromatic heterocycles. The van der Waals surface area contributed by atoms with Crippen LogP contribution < -0.4 is 9.47 Å². The van der Waals surface area contributed by atoms with E-state index in [9.17, 15) is 0 Å². The lowest BCUT2D eigenvalue weighted by atomic mass is 9.93. The zero-order valence-electron chi connectivity index (χ0n) is 17.3. The van der Waals surface area contributed by atoms with Gasteiger partial charge in [0.15, 0.2) is 0 Å². The smallest absolute Gasteiger partial charge is 0.127 e. The summed E-state index contributed by atoms with van der Waals surface area (Å²) in [6.45, 7) is 0. The van der Waals surface area contributed by atoms with Crippen LogP contribution in [-0.2, 0) is 0 Å². The molecular formula is C29H22O2. The molecule has 0 amide bonds. The summed E-state index contributed by atoms with van der Waals surface area (Å²) in [7, 11) is 1.69. The van der Waals surface area contributed by atoms with E-state index in [0.29, 0.717) is 0 Å². The van der Waals surface area contributed by atoms with Crippen LogP contribution in [0.3, 0.4) is 0 Å². The fourth-order valence-corrected chi connectivity index (χ4v) is 3.83. The molecule has 2 nitrogen and oxygen atoms in total. The third kappa shape index (κ3) is 4.01. The largest absolute Gasteiger partial charge is 0.497 e.